The first-order valence-corrected chi connectivity index (χ1v) is 7.80. The number of carboxylic acids is 1. The fourth-order valence-corrected chi connectivity index (χ4v) is 2.49. The molecule has 2 N–H and O–H groups in total. The number of carbonyl (C=O) groups is 2. The Labute approximate surface area is 131 Å². The average Bonchev–Trinajstić information content (AvgIpc) is 2.69. The lowest BCUT2D eigenvalue weighted by atomic mass is 9.98. The first-order valence-electron chi connectivity index (χ1n) is 7.80. The zero-order chi connectivity index (χ0) is 16.9. The molecular weight excluding hydrogens is 282 g/mol. The number of hydrogen-bond acceptors (Lipinski definition) is 3. The fraction of sp³-hybridized carbons (Fsp3) is 0.688. The molecule has 0 spiro atoms. The maximum atomic E-state index is 12.3. The summed E-state index contributed by atoms with van der Waals surface area (Å²) >= 11 is 0. The van der Waals surface area contributed by atoms with Crippen LogP contribution in [0.1, 0.15) is 50.1 Å². The number of nitrogens with zero attached hydrogens (tertiary/aromatic N) is 2. The number of amides is 1. The average molecular weight is 309 g/mol. The zero-order valence-electron chi connectivity index (χ0n) is 14.1. The molecule has 6 heteroatoms. The summed E-state index contributed by atoms with van der Waals surface area (Å²) in [5.41, 5.74) is 3.02. The molecule has 1 heterocycles. The van der Waals surface area contributed by atoms with Gasteiger partial charge in [-0.2, -0.15) is 5.10 Å². The van der Waals surface area contributed by atoms with Crippen LogP contribution in [0.25, 0.3) is 0 Å². The van der Waals surface area contributed by atoms with Crippen LogP contribution in [0.5, 0.6) is 0 Å². The van der Waals surface area contributed by atoms with Crippen molar-refractivity contribution in [3.63, 3.8) is 0 Å². The van der Waals surface area contributed by atoms with Gasteiger partial charge in [0.15, 0.2) is 0 Å². The SMILES string of the molecule is CCCC[C@H](NC(=O)C(C)Cc1c(C)nn(C)c1C)C(=O)O. The van der Waals surface area contributed by atoms with Gasteiger partial charge in [-0.1, -0.05) is 26.7 Å². The lowest BCUT2D eigenvalue weighted by Crippen LogP contribution is -2.43. The minimum atomic E-state index is -0.970. The number of carbonyl (C=O) groups excluding carboxylic acids is 1. The summed E-state index contributed by atoms with van der Waals surface area (Å²) in [5, 5.41) is 16.2. The number of unbranched alkanes of at least 4 members (excludes halogenated alkanes) is 1. The van der Waals surface area contributed by atoms with Crippen molar-refractivity contribution in [1.82, 2.24) is 15.1 Å². The number of rotatable bonds is 8. The van der Waals surface area contributed by atoms with E-state index in [1.54, 1.807) is 4.68 Å². The van der Waals surface area contributed by atoms with Crippen molar-refractivity contribution in [3.8, 4) is 0 Å². The highest BCUT2D eigenvalue weighted by molar-refractivity contribution is 5.84. The van der Waals surface area contributed by atoms with Crippen molar-refractivity contribution in [3.05, 3.63) is 17.0 Å². The van der Waals surface area contributed by atoms with E-state index in [4.69, 9.17) is 0 Å². The van der Waals surface area contributed by atoms with Gasteiger partial charge in [0.1, 0.15) is 6.04 Å². The second-order valence-electron chi connectivity index (χ2n) is 5.92. The van der Waals surface area contributed by atoms with Crippen LogP contribution in [0.2, 0.25) is 0 Å². The van der Waals surface area contributed by atoms with Crippen LogP contribution >= 0.6 is 0 Å². The van der Waals surface area contributed by atoms with E-state index >= 15 is 0 Å². The van der Waals surface area contributed by atoms with Gasteiger partial charge in [0.2, 0.25) is 5.91 Å². The summed E-state index contributed by atoms with van der Waals surface area (Å²) in [6.07, 6.45) is 2.72. The van der Waals surface area contributed by atoms with Crippen LogP contribution in [0.4, 0.5) is 0 Å². The van der Waals surface area contributed by atoms with Crippen LogP contribution < -0.4 is 5.32 Å². The van der Waals surface area contributed by atoms with Gasteiger partial charge in [-0.3, -0.25) is 9.48 Å². The summed E-state index contributed by atoms with van der Waals surface area (Å²) in [7, 11) is 1.88. The fourth-order valence-electron chi connectivity index (χ4n) is 2.49. The summed E-state index contributed by atoms with van der Waals surface area (Å²) in [6, 6.07) is -0.800. The largest absolute Gasteiger partial charge is 0.480 e. The Morgan fingerprint density at radius 2 is 2.00 bits per heavy atom. The van der Waals surface area contributed by atoms with Crippen molar-refractivity contribution in [2.45, 2.75) is 59.4 Å². The van der Waals surface area contributed by atoms with E-state index in [9.17, 15) is 14.7 Å². The smallest absolute Gasteiger partial charge is 0.326 e. The second kappa shape index (κ2) is 7.96. The van der Waals surface area contributed by atoms with Crippen molar-refractivity contribution >= 4 is 11.9 Å². The van der Waals surface area contributed by atoms with Crippen molar-refractivity contribution in [2.24, 2.45) is 13.0 Å². The first kappa shape index (κ1) is 18.2. The number of nitrogens with one attached hydrogen (secondary N) is 1. The quantitative estimate of drug-likeness (QED) is 0.769. The van der Waals surface area contributed by atoms with Crippen molar-refractivity contribution < 1.29 is 14.7 Å². The minimum Gasteiger partial charge on any atom is -0.480 e. The van der Waals surface area contributed by atoms with Crippen LogP contribution in [-0.2, 0) is 23.1 Å². The molecule has 22 heavy (non-hydrogen) atoms. The Balaban J connectivity index is 2.69. The van der Waals surface area contributed by atoms with E-state index in [0.29, 0.717) is 12.8 Å². The summed E-state index contributed by atoms with van der Waals surface area (Å²) < 4.78 is 1.80. The van der Waals surface area contributed by atoms with E-state index < -0.39 is 12.0 Å². The Bertz CT molecular complexity index is 537. The first-order chi connectivity index (χ1) is 10.3. The van der Waals surface area contributed by atoms with Gasteiger partial charge in [0.25, 0.3) is 0 Å². The molecule has 1 amide bonds. The second-order valence-corrected chi connectivity index (χ2v) is 5.92. The van der Waals surface area contributed by atoms with E-state index in [2.05, 4.69) is 10.4 Å². The number of carboxylic acid groups (broad SMARTS) is 1. The maximum absolute atomic E-state index is 12.3. The predicted octanol–water partition coefficient (Wildman–Crippen LogP) is 1.98. The minimum absolute atomic E-state index is 0.217. The molecule has 6 nitrogen and oxygen atoms in total. The molecule has 0 saturated heterocycles. The molecule has 0 aliphatic heterocycles. The molecular formula is C16H27N3O3. The lowest BCUT2D eigenvalue weighted by Gasteiger charge is -2.18. The van der Waals surface area contributed by atoms with E-state index in [1.165, 1.54) is 0 Å². The highest BCUT2D eigenvalue weighted by atomic mass is 16.4. The van der Waals surface area contributed by atoms with Gasteiger partial charge >= 0.3 is 5.97 Å². The van der Waals surface area contributed by atoms with Crippen molar-refractivity contribution in [1.29, 1.82) is 0 Å². The Kier molecular flexibility index (Phi) is 6.59. The molecule has 1 aromatic rings. The summed E-state index contributed by atoms with van der Waals surface area (Å²) in [5.74, 6) is -1.47. The van der Waals surface area contributed by atoms with Crippen LogP contribution in [-0.4, -0.2) is 32.8 Å². The van der Waals surface area contributed by atoms with E-state index in [1.807, 2.05) is 34.7 Å². The van der Waals surface area contributed by atoms with Gasteiger partial charge in [0.05, 0.1) is 5.69 Å². The number of aliphatic carboxylic acids is 1. The molecule has 2 atom stereocenters. The standard InChI is InChI=1S/C16H27N3O3/c1-6-7-8-14(16(21)22)17-15(20)10(2)9-13-11(3)18-19(5)12(13)4/h10,14H,6-9H2,1-5H3,(H,17,20)(H,21,22)/t10?,14-/m0/s1. The third-order valence-corrected chi connectivity index (χ3v) is 4.08. The molecule has 1 rings (SSSR count). The molecule has 0 aromatic carbocycles. The third-order valence-electron chi connectivity index (χ3n) is 4.08. The molecule has 1 aromatic heterocycles. The van der Waals surface area contributed by atoms with Gasteiger partial charge in [-0.15, -0.1) is 0 Å². The lowest BCUT2D eigenvalue weighted by molar-refractivity contribution is -0.142. The molecule has 0 aliphatic rings. The van der Waals surface area contributed by atoms with Crippen LogP contribution in [0, 0.1) is 19.8 Å². The van der Waals surface area contributed by atoms with E-state index in [-0.39, 0.29) is 11.8 Å². The summed E-state index contributed by atoms with van der Waals surface area (Å²) in [6.45, 7) is 7.72. The van der Waals surface area contributed by atoms with Gasteiger partial charge in [0, 0.05) is 18.7 Å². The molecule has 0 saturated carbocycles. The number of aryl methyl sites for hydroxylation is 2. The van der Waals surface area contributed by atoms with Gasteiger partial charge in [-0.25, -0.2) is 4.79 Å². The highest BCUT2D eigenvalue weighted by Gasteiger charge is 2.24. The van der Waals surface area contributed by atoms with Gasteiger partial charge in [-0.05, 0) is 32.3 Å². The Hall–Kier alpha value is -1.85. The number of aromatic nitrogens is 2. The summed E-state index contributed by atoms with van der Waals surface area (Å²) in [4.78, 5) is 23.5. The van der Waals surface area contributed by atoms with Gasteiger partial charge < -0.3 is 10.4 Å². The molecule has 124 valence electrons. The topological polar surface area (TPSA) is 84.2 Å². The number of hydrogen-bond donors (Lipinski definition) is 2. The Morgan fingerprint density at radius 1 is 1.36 bits per heavy atom. The molecule has 0 fully saturated rings. The third kappa shape index (κ3) is 4.58. The zero-order valence-corrected chi connectivity index (χ0v) is 14.1. The van der Waals surface area contributed by atoms with Crippen LogP contribution in [0.3, 0.4) is 0 Å². The predicted molar refractivity (Wildman–Crippen MR) is 84.6 cm³/mol. The normalized spacial score (nSPS) is 13.7. The molecule has 0 radical (unpaired) electrons. The van der Waals surface area contributed by atoms with Crippen LogP contribution in [0.15, 0.2) is 0 Å². The van der Waals surface area contributed by atoms with E-state index in [0.717, 1.165) is 29.8 Å². The maximum Gasteiger partial charge on any atom is 0.326 e. The molecule has 0 bridgehead atoms. The Morgan fingerprint density at radius 3 is 2.45 bits per heavy atom. The monoisotopic (exact) mass is 309 g/mol. The molecule has 1 unspecified atom stereocenters. The van der Waals surface area contributed by atoms with Crippen molar-refractivity contribution in [2.75, 3.05) is 0 Å². The molecule has 0 aliphatic carbocycles. The highest BCUT2D eigenvalue weighted by Crippen LogP contribution is 2.17.